The molecular formula is C13H16N4O2. The van der Waals surface area contributed by atoms with E-state index >= 15 is 0 Å². The van der Waals surface area contributed by atoms with Crippen LogP contribution in [0.3, 0.4) is 0 Å². The van der Waals surface area contributed by atoms with Crippen LogP contribution in [0.2, 0.25) is 0 Å². The van der Waals surface area contributed by atoms with Crippen LogP contribution in [0.4, 0.5) is 4.79 Å². The maximum absolute atomic E-state index is 11.6. The quantitative estimate of drug-likeness (QED) is 0.512. The lowest BCUT2D eigenvalue weighted by molar-refractivity contribution is 0.136. The summed E-state index contributed by atoms with van der Waals surface area (Å²) in [6, 6.07) is 9.55. The van der Waals surface area contributed by atoms with Crippen molar-refractivity contribution in [2.75, 3.05) is 0 Å². The van der Waals surface area contributed by atoms with Crippen molar-refractivity contribution in [1.29, 1.82) is 0 Å². The zero-order chi connectivity index (χ0) is 13.5. The van der Waals surface area contributed by atoms with Gasteiger partial charge in [0.1, 0.15) is 6.61 Å². The van der Waals surface area contributed by atoms with Crippen molar-refractivity contribution in [3.63, 3.8) is 0 Å². The molecule has 1 amide bonds. The lowest BCUT2D eigenvalue weighted by Gasteiger charge is -2.12. The van der Waals surface area contributed by atoms with E-state index in [1.54, 1.807) is 0 Å². The van der Waals surface area contributed by atoms with E-state index in [0.717, 1.165) is 18.4 Å². The second-order valence-corrected chi connectivity index (χ2v) is 4.57. The van der Waals surface area contributed by atoms with Gasteiger partial charge in [-0.3, -0.25) is 0 Å². The van der Waals surface area contributed by atoms with Gasteiger partial charge in [0.15, 0.2) is 0 Å². The van der Waals surface area contributed by atoms with E-state index in [0.29, 0.717) is 6.42 Å². The lowest BCUT2D eigenvalue weighted by atomic mass is 10.2. The highest BCUT2D eigenvalue weighted by Gasteiger charge is 2.25. The average Bonchev–Trinajstić information content (AvgIpc) is 2.85. The van der Waals surface area contributed by atoms with E-state index in [9.17, 15) is 4.79 Å². The number of hydrogen-bond acceptors (Lipinski definition) is 3. The Balaban J connectivity index is 1.72. The number of nitrogens with one attached hydrogen (secondary N) is 1. The highest BCUT2D eigenvalue weighted by molar-refractivity contribution is 5.67. The number of alkyl carbamates (subject to hydrolysis) is 1. The maximum atomic E-state index is 11.6. The fraction of sp³-hybridized carbons (Fsp3) is 0.462. The molecule has 0 spiro atoms. The summed E-state index contributed by atoms with van der Waals surface area (Å²) in [6.07, 6.45) is 1.90. The molecule has 2 rings (SSSR count). The number of amides is 1. The molecule has 1 aliphatic rings. The van der Waals surface area contributed by atoms with Gasteiger partial charge in [-0.1, -0.05) is 35.4 Å². The van der Waals surface area contributed by atoms with Gasteiger partial charge in [0.05, 0.1) is 0 Å². The Morgan fingerprint density at radius 1 is 1.42 bits per heavy atom. The summed E-state index contributed by atoms with van der Waals surface area (Å²) >= 11 is 0. The molecule has 6 nitrogen and oxygen atoms in total. The van der Waals surface area contributed by atoms with Crippen molar-refractivity contribution in [1.82, 2.24) is 5.32 Å². The molecule has 0 unspecified atom stereocenters. The first-order valence-corrected chi connectivity index (χ1v) is 6.29. The van der Waals surface area contributed by atoms with Crippen LogP contribution in [0.15, 0.2) is 35.4 Å². The van der Waals surface area contributed by atoms with Gasteiger partial charge < -0.3 is 10.1 Å². The zero-order valence-electron chi connectivity index (χ0n) is 10.5. The third-order valence-corrected chi connectivity index (χ3v) is 3.15. The third kappa shape index (κ3) is 4.19. The summed E-state index contributed by atoms with van der Waals surface area (Å²) in [7, 11) is 0. The maximum Gasteiger partial charge on any atom is 0.407 e. The first kappa shape index (κ1) is 13.2. The zero-order valence-corrected chi connectivity index (χ0v) is 10.5. The lowest BCUT2D eigenvalue weighted by Crippen LogP contribution is -2.33. The summed E-state index contributed by atoms with van der Waals surface area (Å²) in [5.74, 6) is 0. The fourth-order valence-corrected chi connectivity index (χ4v) is 2.20. The van der Waals surface area contributed by atoms with Crippen LogP contribution in [-0.2, 0) is 11.3 Å². The molecule has 1 fully saturated rings. The van der Waals surface area contributed by atoms with Crippen molar-refractivity contribution >= 4 is 6.09 Å². The first-order chi connectivity index (χ1) is 9.28. The molecule has 1 aromatic rings. The van der Waals surface area contributed by atoms with E-state index in [2.05, 4.69) is 15.3 Å². The number of rotatable bonds is 4. The Morgan fingerprint density at radius 3 is 2.95 bits per heavy atom. The molecule has 0 aromatic heterocycles. The number of benzene rings is 1. The molecule has 0 bridgehead atoms. The van der Waals surface area contributed by atoms with E-state index in [4.69, 9.17) is 10.3 Å². The smallest absolute Gasteiger partial charge is 0.407 e. The predicted molar refractivity (Wildman–Crippen MR) is 70.3 cm³/mol. The van der Waals surface area contributed by atoms with E-state index in [1.165, 1.54) is 0 Å². The average molecular weight is 260 g/mol. The Labute approximate surface area is 111 Å². The normalized spacial score (nSPS) is 21.5. The molecule has 0 saturated heterocycles. The second-order valence-electron chi connectivity index (χ2n) is 4.57. The van der Waals surface area contributed by atoms with Crippen LogP contribution in [-0.4, -0.2) is 18.2 Å². The number of nitrogens with zero attached hydrogens (tertiary/aromatic N) is 3. The van der Waals surface area contributed by atoms with E-state index in [-0.39, 0.29) is 18.7 Å². The Morgan fingerprint density at radius 2 is 2.21 bits per heavy atom. The molecule has 1 aromatic carbocycles. The molecule has 0 aliphatic heterocycles. The topological polar surface area (TPSA) is 87.1 Å². The number of carbonyl (C=O) groups excluding carboxylic acids is 1. The summed E-state index contributed by atoms with van der Waals surface area (Å²) in [6.45, 7) is 0.263. The first-order valence-electron chi connectivity index (χ1n) is 6.29. The van der Waals surface area contributed by atoms with Gasteiger partial charge in [0.25, 0.3) is 0 Å². The Bertz CT molecular complexity index is 471. The molecule has 0 heterocycles. The Kier molecular flexibility index (Phi) is 4.64. The summed E-state index contributed by atoms with van der Waals surface area (Å²) in [5.41, 5.74) is 9.31. The van der Waals surface area contributed by atoms with Crippen molar-refractivity contribution in [3.8, 4) is 0 Å². The Hall–Kier alpha value is -2.20. The summed E-state index contributed by atoms with van der Waals surface area (Å²) in [5, 5.41) is 6.46. The second kappa shape index (κ2) is 6.66. The van der Waals surface area contributed by atoms with Gasteiger partial charge in [-0.25, -0.2) is 4.79 Å². The van der Waals surface area contributed by atoms with Crippen molar-refractivity contribution in [2.24, 2.45) is 5.11 Å². The van der Waals surface area contributed by atoms with Gasteiger partial charge in [-0.15, -0.1) is 0 Å². The molecule has 2 atom stereocenters. The highest BCUT2D eigenvalue weighted by Crippen LogP contribution is 2.22. The standard InChI is InChI=1S/C13H16N4O2/c14-17-16-12-7-6-11(8-12)15-13(18)19-9-10-4-2-1-3-5-10/h1-5,11-12H,6-9H2,(H,15,18)/t11-,12+/m1/s1. The minimum Gasteiger partial charge on any atom is -0.445 e. The van der Waals surface area contributed by atoms with E-state index in [1.807, 2.05) is 30.3 Å². The van der Waals surface area contributed by atoms with Gasteiger partial charge in [-0.05, 0) is 30.4 Å². The van der Waals surface area contributed by atoms with Gasteiger partial charge in [0, 0.05) is 17.0 Å². The molecule has 1 saturated carbocycles. The van der Waals surface area contributed by atoms with Gasteiger partial charge in [0.2, 0.25) is 0 Å². The molecule has 1 N–H and O–H groups in total. The predicted octanol–water partition coefficient (Wildman–Crippen LogP) is 3.14. The van der Waals surface area contributed by atoms with Crippen molar-refractivity contribution < 1.29 is 9.53 Å². The van der Waals surface area contributed by atoms with Crippen LogP contribution in [0, 0.1) is 0 Å². The van der Waals surface area contributed by atoms with Crippen LogP contribution >= 0.6 is 0 Å². The van der Waals surface area contributed by atoms with Crippen LogP contribution in [0.1, 0.15) is 24.8 Å². The monoisotopic (exact) mass is 260 g/mol. The van der Waals surface area contributed by atoms with Crippen molar-refractivity contribution in [2.45, 2.75) is 38.0 Å². The SMILES string of the molecule is [N-]=[N+]=N[C@H]1CC[C@@H](NC(=O)OCc2ccccc2)C1. The summed E-state index contributed by atoms with van der Waals surface area (Å²) in [4.78, 5) is 14.4. The molecule has 19 heavy (non-hydrogen) atoms. The van der Waals surface area contributed by atoms with Crippen LogP contribution in [0.5, 0.6) is 0 Å². The molecular weight excluding hydrogens is 244 g/mol. The number of azide groups is 1. The largest absolute Gasteiger partial charge is 0.445 e. The minimum absolute atomic E-state index is 0.00979. The van der Waals surface area contributed by atoms with Gasteiger partial charge >= 0.3 is 6.09 Å². The van der Waals surface area contributed by atoms with Crippen LogP contribution < -0.4 is 5.32 Å². The molecule has 1 aliphatic carbocycles. The molecule has 6 heteroatoms. The number of hydrogen-bond donors (Lipinski definition) is 1. The molecule has 0 radical (unpaired) electrons. The van der Waals surface area contributed by atoms with Crippen LogP contribution in [0.25, 0.3) is 10.4 Å². The third-order valence-electron chi connectivity index (χ3n) is 3.15. The molecule has 100 valence electrons. The van der Waals surface area contributed by atoms with Crippen molar-refractivity contribution in [3.05, 3.63) is 46.3 Å². The summed E-state index contributed by atoms with van der Waals surface area (Å²) < 4.78 is 5.13. The minimum atomic E-state index is -0.421. The van der Waals surface area contributed by atoms with E-state index < -0.39 is 6.09 Å². The highest BCUT2D eigenvalue weighted by atomic mass is 16.5. The number of ether oxygens (including phenoxy) is 1. The van der Waals surface area contributed by atoms with Gasteiger partial charge in [-0.2, -0.15) is 0 Å². The number of carbonyl (C=O) groups is 1. The fourth-order valence-electron chi connectivity index (χ4n) is 2.20.